The van der Waals surface area contributed by atoms with Crippen molar-refractivity contribution in [1.29, 1.82) is 0 Å². The number of aliphatic hydroxyl groups excluding tert-OH is 1. The quantitative estimate of drug-likeness (QED) is 0.238. The number of H-pyrrole nitrogens is 1. The van der Waals surface area contributed by atoms with Crippen molar-refractivity contribution in [3.8, 4) is 0 Å². The summed E-state index contributed by atoms with van der Waals surface area (Å²) in [7, 11) is 2.26. The van der Waals surface area contributed by atoms with E-state index in [0.29, 0.717) is 34.2 Å². The molecule has 4 heterocycles. The minimum absolute atomic E-state index is 0.0417. The first-order valence-electron chi connectivity index (χ1n) is 13.5. The number of rotatable bonds is 7. The number of halogens is 1. The Hall–Kier alpha value is -2.08. The van der Waals surface area contributed by atoms with Gasteiger partial charge in [-0.3, -0.25) is 0 Å². The van der Waals surface area contributed by atoms with E-state index in [0.717, 1.165) is 31.3 Å². The predicted molar refractivity (Wildman–Crippen MR) is 139 cm³/mol. The van der Waals surface area contributed by atoms with Gasteiger partial charge in [-0.15, -0.1) is 0 Å². The number of fused-ring (bicyclic) bond motifs is 2. The van der Waals surface area contributed by atoms with Gasteiger partial charge >= 0.3 is 230 Å². The van der Waals surface area contributed by atoms with Crippen molar-refractivity contribution in [2.75, 3.05) is 13.7 Å². The van der Waals surface area contributed by atoms with E-state index in [2.05, 4.69) is 99.1 Å². The maximum atomic E-state index is 9.45. The first kappa shape index (κ1) is 25.2. The fourth-order valence-electron chi connectivity index (χ4n) is 6.59. The molecule has 8 nitrogen and oxygen atoms in total. The van der Waals surface area contributed by atoms with Gasteiger partial charge in [0.25, 0.3) is 0 Å². The number of aromatic nitrogens is 4. The van der Waals surface area contributed by atoms with Crippen LogP contribution in [0.1, 0.15) is 72.0 Å². The zero-order valence-corrected chi connectivity index (χ0v) is 24.0. The van der Waals surface area contributed by atoms with E-state index in [1.165, 1.54) is 26.8 Å². The summed E-state index contributed by atoms with van der Waals surface area (Å²) >= 11 is -0.0417. The Morgan fingerprint density at radius 3 is 2.95 bits per heavy atom. The molecule has 1 saturated heterocycles. The van der Waals surface area contributed by atoms with Gasteiger partial charge < -0.3 is 0 Å². The molecule has 0 radical (unpaired) electrons. The molecule has 0 saturated carbocycles. The summed E-state index contributed by atoms with van der Waals surface area (Å²) in [6.07, 6.45) is 13.5. The third-order valence-corrected chi connectivity index (χ3v) is 11.8. The molecule has 1 aromatic heterocycles. The van der Waals surface area contributed by atoms with Crippen molar-refractivity contribution >= 4 is 5.57 Å². The average molecular weight is 615 g/mol. The molecule has 4 aliphatic rings. The summed E-state index contributed by atoms with van der Waals surface area (Å²) in [4.78, 5) is 5.33. The molecule has 1 fully saturated rings. The molecule has 1 aromatic carbocycles. The van der Waals surface area contributed by atoms with Crippen LogP contribution in [-0.4, -0.2) is 67.6 Å². The van der Waals surface area contributed by atoms with Gasteiger partial charge in [-0.1, -0.05) is 0 Å². The summed E-state index contributed by atoms with van der Waals surface area (Å²) in [6, 6.07) is 7.66. The molecule has 6 rings (SSSR count). The number of aliphatic hydroxyl groups is 1. The summed E-state index contributed by atoms with van der Waals surface area (Å²) in [5, 5.41) is 28.4. The van der Waals surface area contributed by atoms with E-state index >= 15 is 0 Å². The number of likely N-dealkylation sites (N-methyl/N-ethyl adjacent to an activating group) is 1. The van der Waals surface area contributed by atoms with Crippen LogP contribution >= 0.6 is 0 Å². The molecule has 5 unspecified atom stereocenters. The SMILES string of the molecule is CCC1NC2C(C)C=C(CCCO)N(C)C2N1[C@H]1[I-]Cc2cc(C3CC=CC=C3c3nn[nH]n3)ccc21. The molecule has 37 heavy (non-hydrogen) atoms. The van der Waals surface area contributed by atoms with Gasteiger partial charge in [-0.2, -0.15) is 0 Å². The Balaban J connectivity index is 1.29. The Kier molecular flexibility index (Phi) is 7.22. The molecular weight excluding hydrogens is 577 g/mol. The average Bonchev–Trinajstić information content (AvgIpc) is 3.68. The Morgan fingerprint density at radius 2 is 2.16 bits per heavy atom. The Morgan fingerprint density at radius 1 is 1.27 bits per heavy atom. The van der Waals surface area contributed by atoms with Crippen LogP contribution in [0, 0.1) is 5.92 Å². The number of tetrazole rings is 1. The molecule has 3 aliphatic heterocycles. The normalized spacial score (nSPS) is 31.5. The number of aromatic amines is 1. The van der Waals surface area contributed by atoms with E-state index in [1.54, 1.807) is 0 Å². The molecule has 2 aromatic rings. The van der Waals surface area contributed by atoms with Crippen LogP contribution in [0.4, 0.5) is 0 Å². The van der Waals surface area contributed by atoms with Crippen LogP contribution in [0.2, 0.25) is 0 Å². The third-order valence-electron chi connectivity index (χ3n) is 8.44. The number of hydrogen-bond donors (Lipinski definition) is 3. The Labute approximate surface area is 229 Å². The fraction of sp³-hybridized carbons (Fsp3) is 0.536. The van der Waals surface area contributed by atoms with Crippen molar-refractivity contribution in [2.45, 2.75) is 72.3 Å². The van der Waals surface area contributed by atoms with E-state index in [9.17, 15) is 5.11 Å². The van der Waals surface area contributed by atoms with Crippen LogP contribution in [0.5, 0.6) is 0 Å². The van der Waals surface area contributed by atoms with E-state index in [1.807, 2.05) is 0 Å². The molecular formula is C28H37IN7O-. The number of allylic oxidation sites excluding steroid dienone is 5. The van der Waals surface area contributed by atoms with Crippen molar-refractivity contribution in [1.82, 2.24) is 35.7 Å². The molecule has 0 amide bonds. The molecule has 6 atom stereocenters. The molecule has 9 heteroatoms. The van der Waals surface area contributed by atoms with Crippen LogP contribution in [0.25, 0.3) is 5.57 Å². The first-order chi connectivity index (χ1) is 18.1. The summed E-state index contributed by atoms with van der Waals surface area (Å²) in [5.41, 5.74) is 6.92. The number of hydrogen-bond acceptors (Lipinski definition) is 7. The standard InChI is InChI=1S/C28H37IN7O/c1-4-24-30-25-17(2)14-20(8-7-13-37)35(3)28(25)36(24)26-22-12-11-18(15-19(22)16-29-26)21-9-5-6-10-23(21)27-31-33-34-32-27/h5-6,10-12,14-15,17,21,24-26,28,30,37H,4,7-9,13,16H2,1-3H3,(H,31,32,33,34)/q-1/t17?,21?,24?,25?,26-,28?/m1/s1. The molecule has 0 spiro atoms. The van der Waals surface area contributed by atoms with E-state index in [4.69, 9.17) is 0 Å². The monoisotopic (exact) mass is 614 g/mol. The molecule has 0 bridgehead atoms. The second-order valence-electron chi connectivity index (χ2n) is 10.6. The molecule has 1 aliphatic carbocycles. The summed E-state index contributed by atoms with van der Waals surface area (Å²) in [6.45, 7) is 4.91. The van der Waals surface area contributed by atoms with E-state index in [-0.39, 0.29) is 33.7 Å². The zero-order chi connectivity index (χ0) is 25.5. The van der Waals surface area contributed by atoms with Gasteiger partial charge in [0.1, 0.15) is 0 Å². The van der Waals surface area contributed by atoms with Crippen molar-refractivity contribution in [3.05, 3.63) is 70.7 Å². The van der Waals surface area contributed by atoms with Gasteiger partial charge in [0, 0.05) is 0 Å². The minimum atomic E-state index is -0.0417. The van der Waals surface area contributed by atoms with Crippen molar-refractivity contribution in [3.63, 3.8) is 0 Å². The van der Waals surface area contributed by atoms with E-state index < -0.39 is 0 Å². The molecule has 198 valence electrons. The first-order valence-corrected chi connectivity index (χ1v) is 16.3. The van der Waals surface area contributed by atoms with Gasteiger partial charge in [0.05, 0.1) is 0 Å². The van der Waals surface area contributed by atoms with Gasteiger partial charge in [0.2, 0.25) is 0 Å². The van der Waals surface area contributed by atoms with Gasteiger partial charge in [0.15, 0.2) is 0 Å². The van der Waals surface area contributed by atoms with Crippen LogP contribution < -0.4 is 26.5 Å². The van der Waals surface area contributed by atoms with Crippen molar-refractivity contribution < 1.29 is 26.3 Å². The third kappa shape index (κ3) is 4.47. The van der Waals surface area contributed by atoms with Crippen molar-refractivity contribution in [2.24, 2.45) is 5.92 Å². The maximum absolute atomic E-state index is 9.45. The second kappa shape index (κ2) is 10.6. The predicted octanol–water partition coefficient (Wildman–Crippen LogP) is 0.502. The van der Waals surface area contributed by atoms with Crippen LogP contribution in [0.15, 0.2) is 48.2 Å². The topological polar surface area (TPSA) is 93.2 Å². The number of nitrogens with one attached hydrogen (secondary N) is 2. The second-order valence-corrected chi connectivity index (χ2v) is 13.4. The Bertz CT molecular complexity index is 1210. The fourth-order valence-corrected chi connectivity index (χ4v) is 10.4. The zero-order valence-electron chi connectivity index (χ0n) is 21.8. The summed E-state index contributed by atoms with van der Waals surface area (Å²) in [5.74, 6) is 1.43. The van der Waals surface area contributed by atoms with Crippen LogP contribution in [0.3, 0.4) is 0 Å². The number of benzene rings is 1. The van der Waals surface area contributed by atoms with Gasteiger partial charge in [-0.25, -0.2) is 0 Å². The van der Waals surface area contributed by atoms with Gasteiger partial charge in [-0.05, 0) is 0 Å². The molecule has 3 N–H and O–H groups in total. The van der Waals surface area contributed by atoms with Crippen LogP contribution in [-0.2, 0) is 4.43 Å². The summed E-state index contributed by atoms with van der Waals surface area (Å²) < 4.78 is 1.73. The number of alkyl halides is 2. The number of nitrogens with zero attached hydrogens (tertiary/aromatic N) is 5.